The molecule has 0 bridgehead atoms. The molecule has 0 aliphatic carbocycles. The highest BCUT2D eigenvalue weighted by Gasteiger charge is 2.13. The molecular weight excluding hydrogens is 519 g/mol. The quantitative estimate of drug-likeness (QED) is 0.278. The van der Waals surface area contributed by atoms with Crippen LogP contribution in [0.2, 0.25) is 10.0 Å². The van der Waals surface area contributed by atoms with Gasteiger partial charge in [0.05, 0.1) is 30.5 Å². The molecule has 0 aromatic heterocycles. The van der Waals surface area contributed by atoms with Crippen LogP contribution in [0.1, 0.15) is 21.5 Å². The van der Waals surface area contributed by atoms with Crippen LogP contribution in [0, 0.1) is 0 Å². The van der Waals surface area contributed by atoms with Crippen molar-refractivity contribution in [1.82, 2.24) is 5.43 Å². The third kappa shape index (κ3) is 5.94. The number of benzene rings is 3. The summed E-state index contributed by atoms with van der Waals surface area (Å²) in [5.74, 6) is 1.08. The zero-order chi connectivity index (χ0) is 23.1. The minimum atomic E-state index is -0.385. The summed E-state index contributed by atoms with van der Waals surface area (Å²) in [6.07, 6.45) is 1.50. The lowest BCUT2D eigenvalue weighted by molar-refractivity contribution is 0.0952. The first-order chi connectivity index (χ1) is 15.4. The van der Waals surface area contributed by atoms with Gasteiger partial charge in [-0.1, -0.05) is 41.4 Å². The van der Waals surface area contributed by atoms with Crippen molar-refractivity contribution in [2.75, 3.05) is 14.2 Å². The number of hydrogen-bond acceptors (Lipinski definition) is 5. The summed E-state index contributed by atoms with van der Waals surface area (Å²) in [5.41, 5.74) is 4.35. The van der Waals surface area contributed by atoms with Crippen molar-refractivity contribution in [1.29, 1.82) is 0 Å². The second-order valence-electron chi connectivity index (χ2n) is 6.46. The van der Waals surface area contributed by atoms with Crippen LogP contribution < -0.4 is 19.6 Å². The molecule has 0 spiro atoms. The number of carbonyl (C=O) groups excluding carboxylic acids is 1. The molecule has 3 rings (SSSR count). The molecule has 166 valence electrons. The van der Waals surface area contributed by atoms with E-state index in [1.807, 2.05) is 0 Å². The van der Waals surface area contributed by atoms with Crippen LogP contribution in [0.3, 0.4) is 0 Å². The van der Waals surface area contributed by atoms with Crippen LogP contribution in [0.5, 0.6) is 17.2 Å². The Bertz CT molecular complexity index is 1150. The Hall–Kier alpha value is -2.74. The molecule has 0 aliphatic heterocycles. The van der Waals surface area contributed by atoms with Crippen molar-refractivity contribution in [3.63, 3.8) is 0 Å². The summed E-state index contributed by atoms with van der Waals surface area (Å²) in [6, 6.07) is 15.6. The number of carbonyl (C=O) groups is 1. The minimum Gasteiger partial charge on any atom is -0.496 e. The molecule has 1 amide bonds. The number of hydrazone groups is 1. The molecule has 3 aromatic rings. The number of nitrogens with one attached hydrogen (secondary N) is 1. The summed E-state index contributed by atoms with van der Waals surface area (Å²) in [4.78, 5) is 12.3. The Kier molecular flexibility index (Phi) is 8.39. The number of nitrogens with zero attached hydrogens (tertiary/aromatic N) is 1. The molecule has 1 N–H and O–H groups in total. The maximum atomic E-state index is 12.3. The molecular formula is C23H19BrCl2N2O4. The van der Waals surface area contributed by atoms with Gasteiger partial charge in [-0.2, -0.15) is 5.10 Å². The summed E-state index contributed by atoms with van der Waals surface area (Å²) in [5, 5.41) is 5.10. The van der Waals surface area contributed by atoms with E-state index in [4.69, 9.17) is 37.4 Å². The summed E-state index contributed by atoms with van der Waals surface area (Å²) in [7, 11) is 3.04. The molecule has 0 unspecified atom stereocenters. The van der Waals surface area contributed by atoms with E-state index in [1.165, 1.54) is 20.4 Å². The van der Waals surface area contributed by atoms with E-state index in [1.54, 1.807) is 54.6 Å². The lowest BCUT2D eigenvalue weighted by atomic mass is 10.2. The highest BCUT2D eigenvalue weighted by atomic mass is 79.9. The van der Waals surface area contributed by atoms with Crippen LogP contribution in [0.15, 0.2) is 64.2 Å². The van der Waals surface area contributed by atoms with Crippen LogP contribution in [0.25, 0.3) is 0 Å². The number of methoxy groups -OCH3 is 2. The SMILES string of the molecule is COc1ccccc1C(=O)N/N=C\c1cc(Br)c(OCc2ccc(Cl)cc2Cl)c(OC)c1. The van der Waals surface area contributed by atoms with E-state index in [0.29, 0.717) is 42.9 Å². The summed E-state index contributed by atoms with van der Waals surface area (Å²) in [6.45, 7) is 0.230. The van der Waals surface area contributed by atoms with Gasteiger partial charge in [0, 0.05) is 15.6 Å². The molecule has 0 atom stereocenters. The normalized spacial score (nSPS) is 10.8. The number of rotatable bonds is 8. The van der Waals surface area contributed by atoms with Crippen LogP contribution in [-0.4, -0.2) is 26.3 Å². The molecule has 32 heavy (non-hydrogen) atoms. The largest absolute Gasteiger partial charge is 0.496 e. The first kappa shape index (κ1) is 23.9. The maximum absolute atomic E-state index is 12.3. The van der Waals surface area contributed by atoms with E-state index in [2.05, 4.69) is 26.5 Å². The molecule has 3 aromatic carbocycles. The van der Waals surface area contributed by atoms with Gasteiger partial charge in [0.25, 0.3) is 5.91 Å². The van der Waals surface area contributed by atoms with Crippen molar-refractivity contribution < 1.29 is 19.0 Å². The predicted molar refractivity (Wildman–Crippen MR) is 130 cm³/mol. The number of halogens is 3. The fraction of sp³-hybridized carbons (Fsp3) is 0.130. The smallest absolute Gasteiger partial charge is 0.275 e. The Morgan fingerprint density at radius 1 is 1.06 bits per heavy atom. The second-order valence-corrected chi connectivity index (χ2v) is 8.16. The average Bonchev–Trinajstić information content (AvgIpc) is 2.79. The van der Waals surface area contributed by atoms with Crippen molar-refractivity contribution >= 4 is 51.3 Å². The van der Waals surface area contributed by atoms with Crippen LogP contribution in [-0.2, 0) is 6.61 Å². The third-order valence-corrected chi connectivity index (χ3v) is 5.55. The van der Waals surface area contributed by atoms with E-state index in [-0.39, 0.29) is 12.5 Å². The monoisotopic (exact) mass is 536 g/mol. The lowest BCUT2D eigenvalue weighted by Crippen LogP contribution is -2.18. The van der Waals surface area contributed by atoms with Crippen molar-refractivity contribution in [2.24, 2.45) is 5.10 Å². The van der Waals surface area contributed by atoms with Gasteiger partial charge in [-0.15, -0.1) is 0 Å². The number of para-hydroxylation sites is 1. The van der Waals surface area contributed by atoms with E-state index in [9.17, 15) is 4.79 Å². The third-order valence-electron chi connectivity index (χ3n) is 4.37. The Morgan fingerprint density at radius 2 is 1.81 bits per heavy atom. The predicted octanol–water partition coefficient (Wildman–Crippen LogP) is 6.12. The van der Waals surface area contributed by atoms with Crippen molar-refractivity contribution in [3.8, 4) is 17.2 Å². The van der Waals surface area contributed by atoms with E-state index < -0.39 is 0 Å². The van der Waals surface area contributed by atoms with Crippen LogP contribution >= 0.6 is 39.1 Å². The van der Waals surface area contributed by atoms with Gasteiger partial charge < -0.3 is 14.2 Å². The zero-order valence-electron chi connectivity index (χ0n) is 17.2. The minimum absolute atomic E-state index is 0.230. The standard InChI is InChI=1S/C23H19BrCl2N2O4/c1-30-20-6-4-3-5-17(20)23(29)28-27-12-14-9-18(24)22(21(10-14)31-2)32-13-15-7-8-16(25)11-19(15)26/h3-12H,13H2,1-2H3,(H,28,29)/b27-12-. The van der Waals surface area contributed by atoms with Gasteiger partial charge in [0.1, 0.15) is 12.4 Å². The van der Waals surface area contributed by atoms with E-state index >= 15 is 0 Å². The zero-order valence-corrected chi connectivity index (χ0v) is 20.3. The van der Waals surface area contributed by atoms with Gasteiger partial charge in [0.15, 0.2) is 11.5 Å². The first-order valence-corrected chi connectivity index (χ1v) is 10.9. The molecule has 0 radical (unpaired) electrons. The Balaban J connectivity index is 1.72. The Labute approximate surface area is 204 Å². The highest BCUT2D eigenvalue weighted by Crippen LogP contribution is 2.37. The molecule has 6 nitrogen and oxygen atoms in total. The molecule has 0 fully saturated rings. The van der Waals surface area contributed by atoms with Gasteiger partial charge in [-0.05, 0) is 57.9 Å². The van der Waals surface area contributed by atoms with Gasteiger partial charge in [0.2, 0.25) is 0 Å². The molecule has 0 heterocycles. The topological polar surface area (TPSA) is 69.2 Å². The van der Waals surface area contributed by atoms with Gasteiger partial charge >= 0.3 is 0 Å². The van der Waals surface area contributed by atoms with Crippen molar-refractivity contribution in [3.05, 3.63) is 85.8 Å². The number of hydrogen-bond donors (Lipinski definition) is 1. The molecule has 0 aliphatic rings. The Morgan fingerprint density at radius 3 is 2.53 bits per heavy atom. The highest BCUT2D eigenvalue weighted by molar-refractivity contribution is 9.10. The fourth-order valence-corrected chi connectivity index (χ4v) is 3.84. The van der Waals surface area contributed by atoms with E-state index in [0.717, 1.165) is 5.56 Å². The van der Waals surface area contributed by atoms with Crippen molar-refractivity contribution in [2.45, 2.75) is 6.61 Å². The molecule has 0 saturated carbocycles. The maximum Gasteiger partial charge on any atom is 0.275 e. The summed E-state index contributed by atoms with van der Waals surface area (Å²) < 4.78 is 17.2. The number of ether oxygens (including phenoxy) is 3. The number of amides is 1. The van der Waals surface area contributed by atoms with Crippen LogP contribution in [0.4, 0.5) is 0 Å². The first-order valence-electron chi connectivity index (χ1n) is 9.33. The lowest BCUT2D eigenvalue weighted by Gasteiger charge is -2.14. The van der Waals surface area contributed by atoms with Gasteiger partial charge in [-0.25, -0.2) is 5.43 Å². The average molecular weight is 538 g/mol. The van der Waals surface area contributed by atoms with Gasteiger partial charge in [-0.3, -0.25) is 4.79 Å². The second kappa shape index (κ2) is 11.2. The fourth-order valence-electron chi connectivity index (χ4n) is 2.80. The molecule has 0 saturated heterocycles. The summed E-state index contributed by atoms with van der Waals surface area (Å²) >= 11 is 15.6. The molecule has 9 heteroatoms.